The molecule has 0 aliphatic carbocycles. The third-order valence-electron chi connectivity index (χ3n) is 3.25. The fourth-order valence-corrected chi connectivity index (χ4v) is 1.92. The van der Waals surface area contributed by atoms with Gasteiger partial charge < -0.3 is 10.4 Å². The van der Waals surface area contributed by atoms with Crippen molar-refractivity contribution in [2.24, 2.45) is 0 Å². The van der Waals surface area contributed by atoms with E-state index in [0.717, 1.165) is 11.1 Å². The third-order valence-corrected chi connectivity index (χ3v) is 3.25. The van der Waals surface area contributed by atoms with Crippen molar-refractivity contribution < 1.29 is 14.7 Å². The molecule has 0 radical (unpaired) electrons. The minimum Gasteiger partial charge on any atom is -0.481 e. The van der Waals surface area contributed by atoms with Crippen LogP contribution in [0.2, 0.25) is 0 Å². The van der Waals surface area contributed by atoms with Crippen LogP contribution in [-0.4, -0.2) is 26.8 Å². The van der Waals surface area contributed by atoms with Gasteiger partial charge in [-0.3, -0.25) is 14.3 Å². The molecule has 6 heteroatoms. The number of aryl methyl sites for hydroxylation is 3. The number of benzene rings is 1. The zero-order chi connectivity index (χ0) is 15.4. The molecule has 1 amide bonds. The predicted octanol–water partition coefficient (Wildman–Crippen LogP) is 2.23. The van der Waals surface area contributed by atoms with Crippen molar-refractivity contribution in [1.82, 2.24) is 9.78 Å². The summed E-state index contributed by atoms with van der Waals surface area (Å²) in [7, 11) is 0. The van der Waals surface area contributed by atoms with Gasteiger partial charge in [0.2, 0.25) is 0 Å². The van der Waals surface area contributed by atoms with E-state index < -0.39 is 5.97 Å². The fraction of sp³-hybridized carbons (Fsp3) is 0.267. The van der Waals surface area contributed by atoms with Gasteiger partial charge in [0.15, 0.2) is 0 Å². The largest absolute Gasteiger partial charge is 0.481 e. The van der Waals surface area contributed by atoms with Gasteiger partial charge in [-0.25, -0.2) is 0 Å². The average molecular weight is 287 g/mol. The average Bonchev–Trinajstić information content (AvgIpc) is 2.89. The zero-order valence-corrected chi connectivity index (χ0v) is 12.0. The highest BCUT2D eigenvalue weighted by Gasteiger charge is 2.13. The van der Waals surface area contributed by atoms with Crippen molar-refractivity contribution >= 4 is 17.6 Å². The molecular formula is C15H17N3O3. The Balaban J connectivity index is 2.11. The number of nitrogens with one attached hydrogen (secondary N) is 1. The minimum atomic E-state index is -0.925. The van der Waals surface area contributed by atoms with E-state index in [1.54, 1.807) is 6.07 Å². The molecule has 2 aromatic rings. The second-order valence-electron chi connectivity index (χ2n) is 4.84. The first kappa shape index (κ1) is 14.8. The molecule has 0 saturated heterocycles. The standard InChI is InChI=1S/C15H17N3O3/c1-10-3-4-12(9-11(10)2)17-15(21)13-5-7-16-18(13)8-6-14(19)20/h3-5,7,9H,6,8H2,1-2H3,(H,17,21)(H,19,20). The number of carboxylic acid groups (broad SMARTS) is 1. The minimum absolute atomic E-state index is 0.0778. The first-order valence-corrected chi connectivity index (χ1v) is 6.59. The Hall–Kier alpha value is -2.63. The highest BCUT2D eigenvalue weighted by molar-refractivity contribution is 6.03. The van der Waals surface area contributed by atoms with E-state index >= 15 is 0 Å². The van der Waals surface area contributed by atoms with Crippen LogP contribution in [0.4, 0.5) is 5.69 Å². The molecule has 0 spiro atoms. The Morgan fingerprint density at radius 3 is 2.67 bits per heavy atom. The summed E-state index contributed by atoms with van der Waals surface area (Å²) in [6, 6.07) is 7.23. The number of aromatic nitrogens is 2. The Morgan fingerprint density at radius 2 is 2.00 bits per heavy atom. The zero-order valence-electron chi connectivity index (χ0n) is 12.0. The molecule has 1 aromatic heterocycles. The van der Waals surface area contributed by atoms with Crippen molar-refractivity contribution in [1.29, 1.82) is 0 Å². The Morgan fingerprint density at radius 1 is 1.24 bits per heavy atom. The van der Waals surface area contributed by atoms with Gasteiger partial charge in [0.1, 0.15) is 5.69 Å². The van der Waals surface area contributed by atoms with Crippen LogP contribution in [-0.2, 0) is 11.3 Å². The van der Waals surface area contributed by atoms with Crippen molar-refractivity contribution in [3.63, 3.8) is 0 Å². The molecule has 0 bridgehead atoms. The van der Waals surface area contributed by atoms with Crippen LogP contribution in [0.25, 0.3) is 0 Å². The number of amides is 1. The van der Waals surface area contributed by atoms with Crippen molar-refractivity contribution in [3.8, 4) is 0 Å². The van der Waals surface area contributed by atoms with Crippen LogP contribution in [0.1, 0.15) is 28.0 Å². The normalized spacial score (nSPS) is 10.4. The number of carboxylic acids is 1. The van der Waals surface area contributed by atoms with Crippen molar-refractivity contribution in [2.75, 3.05) is 5.32 Å². The monoisotopic (exact) mass is 287 g/mol. The Kier molecular flexibility index (Phi) is 4.37. The molecule has 0 atom stereocenters. The van der Waals surface area contributed by atoms with E-state index in [-0.39, 0.29) is 18.9 Å². The summed E-state index contributed by atoms with van der Waals surface area (Å²) in [6.07, 6.45) is 1.41. The first-order chi connectivity index (χ1) is 9.97. The van der Waals surface area contributed by atoms with Crippen LogP contribution < -0.4 is 5.32 Å². The van der Waals surface area contributed by atoms with Gasteiger partial charge in [0, 0.05) is 11.9 Å². The van der Waals surface area contributed by atoms with Gasteiger partial charge >= 0.3 is 5.97 Å². The van der Waals surface area contributed by atoms with Crippen LogP contribution in [0, 0.1) is 13.8 Å². The van der Waals surface area contributed by atoms with E-state index in [1.807, 2.05) is 32.0 Å². The lowest BCUT2D eigenvalue weighted by molar-refractivity contribution is -0.137. The van der Waals surface area contributed by atoms with Crippen LogP contribution in [0.3, 0.4) is 0 Å². The van der Waals surface area contributed by atoms with E-state index in [1.165, 1.54) is 10.9 Å². The maximum atomic E-state index is 12.2. The summed E-state index contributed by atoms with van der Waals surface area (Å²) in [6.45, 7) is 4.14. The molecular weight excluding hydrogens is 270 g/mol. The molecule has 0 saturated carbocycles. The quantitative estimate of drug-likeness (QED) is 0.883. The smallest absolute Gasteiger partial charge is 0.305 e. The molecule has 0 aliphatic rings. The second kappa shape index (κ2) is 6.21. The highest BCUT2D eigenvalue weighted by Crippen LogP contribution is 2.15. The van der Waals surface area contributed by atoms with E-state index in [0.29, 0.717) is 11.4 Å². The summed E-state index contributed by atoms with van der Waals surface area (Å²) in [5.41, 5.74) is 3.29. The van der Waals surface area contributed by atoms with E-state index in [9.17, 15) is 9.59 Å². The number of carbonyl (C=O) groups excluding carboxylic acids is 1. The van der Waals surface area contributed by atoms with Crippen molar-refractivity contribution in [2.45, 2.75) is 26.8 Å². The molecule has 21 heavy (non-hydrogen) atoms. The van der Waals surface area contributed by atoms with E-state index in [4.69, 9.17) is 5.11 Å². The van der Waals surface area contributed by atoms with Crippen LogP contribution in [0.5, 0.6) is 0 Å². The van der Waals surface area contributed by atoms with Gasteiger partial charge in [-0.2, -0.15) is 5.10 Å². The van der Waals surface area contributed by atoms with Gasteiger partial charge in [-0.05, 0) is 43.2 Å². The molecule has 0 unspecified atom stereocenters. The van der Waals surface area contributed by atoms with Gasteiger partial charge in [0.05, 0.1) is 13.0 Å². The molecule has 1 heterocycles. The number of aliphatic carboxylic acids is 1. The number of hydrogen-bond donors (Lipinski definition) is 2. The molecule has 2 rings (SSSR count). The topological polar surface area (TPSA) is 84.2 Å². The molecule has 110 valence electrons. The second-order valence-corrected chi connectivity index (χ2v) is 4.84. The summed E-state index contributed by atoms with van der Waals surface area (Å²) in [4.78, 5) is 22.8. The number of rotatable bonds is 5. The molecule has 0 aliphatic heterocycles. The van der Waals surface area contributed by atoms with Crippen LogP contribution >= 0.6 is 0 Å². The third kappa shape index (κ3) is 3.68. The number of nitrogens with zero attached hydrogens (tertiary/aromatic N) is 2. The number of carbonyl (C=O) groups is 2. The SMILES string of the molecule is Cc1ccc(NC(=O)c2ccnn2CCC(=O)O)cc1C. The molecule has 1 aromatic carbocycles. The molecule has 6 nitrogen and oxygen atoms in total. The van der Waals surface area contributed by atoms with Gasteiger partial charge in [0.25, 0.3) is 5.91 Å². The highest BCUT2D eigenvalue weighted by atomic mass is 16.4. The fourth-order valence-electron chi connectivity index (χ4n) is 1.92. The molecule has 0 fully saturated rings. The number of anilines is 1. The molecule has 2 N–H and O–H groups in total. The van der Waals surface area contributed by atoms with Crippen molar-refractivity contribution in [3.05, 3.63) is 47.3 Å². The van der Waals surface area contributed by atoms with Gasteiger partial charge in [-0.15, -0.1) is 0 Å². The maximum absolute atomic E-state index is 12.2. The summed E-state index contributed by atoms with van der Waals surface area (Å²) in [5.74, 6) is -1.23. The summed E-state index contributed by atoms with van der Waals surface area (Å²) < 4.78 is 1.39. The summed E-state index contributed by atoms with van der Waals surface area (Å²) >= 11 is 0. The first-order valence-electron chi connectivity index (χ1n) is 6.59. The summed E-state index contributed by atoms with van der Waals surface area (Å²) in [5, 5.41) is 15.5. The lowest BCUT2D eigenvalue weighted by atomic mass is 10.1. The number of hydrogen-bond acceptors (Lipinski definition) is 3. The Bertz CT molecular complexity index is 677. The lowest BCUT2D eigenvalue weighted by Crippen LogP contribution is -2.19. The lowest BCUT2D eigenvalue weighted by Gasteiger charge is -2.09. The predicted molar refractivity (Wildman–Crippen MR) is 78.3 cm³/mol. The Labute approximate surface area is 122 Å². The van der Waals surface area contributed by atoms with Gasteiger partial charge in [-0.1, -0.05) is 6.07 Å². The van der Waals surface area contributed by atoms with E-state index in [2.05, 4.69) is 10.4 Å². The van der Waals surface area contributed by atoms with Crippen LogP contribution in [0.15, 0.2) is 30.5 Å². The maximum Gasteiger partial charge on any atom is 0.305 e.